The zero-order valence-electron chi connectivity index (χ0n) is 6.08. The monoisotopic (exact) mass is 150 g/mol. The van der Waals surface area contributed by atoms with Gasteiger partial charge >= 0.3 is 0 Å². The Morgan fingerprint density at radius 1 is 1.20 bits per heavy atom. The molecule has 4 nitrogen and oxygen atoms in total. The minimum absolute atomic E-state index is 0.195. The molecule has 0 aliphatic carbocycles. The molecule has 0 aliphatic rings. The summed E-state index contributed by atoms with van der Waals surface area (Å²) in [5, 5.41) is 23.6. The van der Waals surface area contributed by atoms with Crippen LogP contribution in [0.15, 0.2) is 0 Å². The molecule has 0 aliphatic heterocycles. The van der Waals surface area contributed by atoms with E-state index in [1.165, 1.54) is 0 Å². The maximum atomic E-state index is 9.00. The fraction of sp³-hybridized carbons (Fsp3) is 0.833. The van der Waals surface area contributed by atoms with Gasteiger partial charge in [-0.25, -0.2) is 0 Å². The number of carboxylic acid groups (broad SMARTS) is 1. The van der Waals surface area contributed by atoms with Gasteiger partial charge in [-0.15, -0.1) is 0 Å². The van der Waals surface area contributed by atoms with Gasteiger partial charge in [-0.2, -0.15) is 0 Å². The van der Waals surface area contributed by atoms with Crippen molar-refractivity contribution in [1.29, 1.82) is 0 Å². The first kappa shape index (κ1) is 12.1. The standard InChI is InChI=1S/C4H10O2.C2H4O2/c5-3-1-2-4-6;1-2(3)4/h5-6H,1-4H2;1H3,(H,3,4). The quantitative estimate of drug-likeness (QED) is 0.488. The largest absolute Gasteiger partial charge is 0.481 e. The van der Waals surface area contributed by atoms with Gasteiger partial charge in [0.1, 0.15) is 0 Å². The Labute approximate surface area is 60.1 Å². The van der Waals surface area contributed by atoms with E-state index in [9.17, 15) is 0 Å². The minimum atomic E-state index is -0.833. The molecule has 0 aromatic heterocycles. The molecule has 0 heterocycles. The van der Waals surface area contributed by atoms with Crippen molar-refractivity contribution in [1.82, 2.24) is 0 Å². The third kappa shape index (κ3) is 52.8. The number of hydrogen-bond acceptors (Lipinski definition) is 3. The molecular formula is C6H14O4. The van der Waals surface area contributed by atoms with Gasteiger partial charge in [0.25, 0.3) is 5.97 Å². The van der Waals surface area contributed by atoms with Crippen molar-refractivity contribution >= 4 is 5.97 Å². The molecule has 0 amide bonds. The van der Waals surface area contributed by atoms with E-state index in [4.69, 9.17) is 20.1 Å². The fourth-order valence-corrected chi connectivity index (χ4v) is 0.224. The highest BCUT2D eigenvalue weighted by molar-refractivity contribution is 5.62. The van der Waals surface area contributed by atoms with Crippen LogP contribution >= 0.6 is 0 Å². The topological polar surface area (TPSA) is 77.8 Å². The molecule has 0 aromatic carbocycles. The molecule has 0 spiro atoms. The molecule has 0 radical (unpaired) electrons. The lowest BCUT2D eigenvalue weighted by Gasteiger charge is -1.85. The Hall–Kier alpha value is -0.610. The SMILES string of the molecule is CC(=O)O.OCCCCO. The molecule has 62 valence electrons. The third-order valence-electron chi connectivity index (χ3n) is 0.566. The summed E-state index contributed by atoms with van der Waals surface area (Å²) in [6.45, 7) is 1.47. The Balaban J connectivity index is 0. The summed E-state index contributed by atoms with van der Waals surface area (Å²) >= 11 is 0. The lowest BCUT2D eigenvalue weighted by atomic mass is 10.3. The molecule has 10 heavy (non-hydrogen) atoms. The Morgan fingerprint density at radius 3 is 1.50 bits per heavy atom. The first-order chi connectivity index (χ1) is 4.65. The number of unbranched alkanes of at least 4 members (excludes halogenated alkanes) is 1. The Morgan fingerprint density at radius 2 is 1.40 bits per heavy atom. The van der Waals surface area contributed by atoms with Gasteiger partial charge in [0, 0.05) is 20.1 Å². The van der Waals surface area contributed by atoms with Crippen molar-refractivity contribution in [3.05, 3.63) is 0 Å². The number of hydrogen-bond donors (Lipinski definition) is 3. The average Bonchev–Trinajstić information content (AvgIpc) is 1.82. The molecule has 0 bridgehead atoms. The predicted octanol–water partition coefficient (Wildman–Crippen LogP) is -0.158. The summed E-state index contributed by atoms with van der Waals surface area (Å²) in [4.78, 5) is 9.00. The van der Waals surface area contributed by atoms with Crippen molar-refractivity contribution < 1.29 is 20.1 Å². The van der Waals surface area contributed by atoms with Crippen molar-refractivity contribution in [3.63, 3.8) is 0 Å². The van der Waals surface area contributed by atoms with Crippen LogP contribution in [0.5, 0.6) is 0 Å². The van der Waals surface area contributed by atoms with Gasteiger partial charge in [-0.05, 0) is 12.8 Å². The number of aliphatic hydroxyl groups is 2. The van der Waals surface area contributed by atoms with Crippen LogP contribution < -0.4 is 0 Å². The van der Waals surface area contributed by atoms with Crippen LogP contribution in [0.1, 0.15) is 19.8 Å². The first-order valence-corrected chi connectivity index (χ1v) is 3.06. The zero-order valence-corrected chi connectivity index (χ0v) is 6.08. The maximum absolute atomic E-state index is 9.00. The number of aliphatic hydroxyl groups excluding tert-OH is 2. The van der Waals surface area contributed by atoms with E-state index in [0.29, 0.717) is 0 Å². The number of rotatable bonds is 3. The number of aliphatic carboxylic acids is 1. The third-order valence-corrected chi connectivity index (χ3v) is 0.566. The second kappa shape index (κ2) is 11.2. The molecule has 0 rings (SSSR count). The van der Waals surface area contributed by atoms with Crippen LogP contribution in [-0.2, 0) is 4.79 Å². The molecule has 3 N–H and O–H groups in total. The van der Waals surface area contributed by atoms with Gasteiger partial charge in [0.2, 0.25) is 0 Å². The van der Waals surface area contributed by atoms with E-state index in [2.05, 4.69) is 0 Å². The summed E-state index contributed by atoms with van der Waals surface area (Å²) in [6.07, 6.45) is 1.44. The minimum Gasteiger partial charge on any atom is -0.481 e. The van der Waals surface area contributed by atoms with Crippen LogP contribution in [0, 0.1) is 0 Å². The van der Waals surface area contributed by atoms with Crippen LogP contribution in [0.25, 0.3) is 0 Å². The maximum Gasteiger partial charge on any atom is 0.300 e. The molecule has 0 saturated heterocycles. The van der Waals surface area contributed by atoms with Crippen LogP contribution in [-0.4, -0.2) is 34.5 Å². The van der Waals surface area contributed by atoms with Gasteiger partial charge in [-0.1, -0.05) is 0 Å². The molecule has 0 aromatic rings. The van der Waals surface area contributed by atoms with Crippen LogP contribution in [0.3, 0.4) is 0 Å². The van der Waals surface area contributed by atoms with E-state index in [0.717, 1.165) is 19.8 Å². The second-order valence-electron chi connectivity index (χ2n) is 1.67. The smallest absolute Gasteiger partial charge is 0.300 e. The van der Waals surface area contributed by atoms with Crippen molar-refractivity contribution in [2.45, 2.75) is 19.8 Å². The van der Waals surface area contributed by atoms with Gasteiger partial charge < -0.3 is 15.3 Å². The van der Waals surface area contributed by atoms with E-state index in [-0.39, 0.29) is 13.2 Å². The summed E-state index contributed by atoms with van der Waals surface area (Å²) in [5.41, 5.74) is 0. The average molecular weight is 150 g/mol. The normalized spacial score (nSPS) is 7.90. The van der Waals surface area contributed by atoms with Crippen molar-refractivity contribution in [2.75, 3.05) is 13.2 Å². The fourth-order valence-electron chi connectivity index (χ4n) is 0.224. The van der Waals surface area contributed by atoms with E-state index >= 15 is 0 Å². The highest BCUT2D eigenvalue weighted by Gasteiger charge is 1.77. The van der Waals surface area contributed by atoms with Crippen LogP contribution in [0.2, 0.25) is 0 Å². The molecule has 0 saturated carbocycles. The van der Waals surface area contributed by atoms with Crippen LogP contribution in [0.4, 0.5) is 0 Å². The van der Waals surface area contributed by atoms with Gasteiger partial charge in [0.05, 0.1) is 0 Å². The molecule has 0 unspecified atom stereocenters. The van der Waals surface area contributed by atoms with Gasteiger partial charge in [-0.3, -0.25) is 4.79 Å². The Bertz CT molecular complexity index is 64.1. The summed E-state index contributed by atoms with van der Waals surface area (Å²) in [7, 11) is 0. The summed E-state index contributed by atoms with van der Waals surface area (Å²) in [6, 6.07) is 0. The van der Waals surface area contributed by atoms with E-state index < -0.39 is 5.97 Å². The van der Waals surface area contributed by atoms with E-state index in [1.54, 1.807) is 0 Å². The van der Waals surface area contributed by atoms with Gasteiger partial charge in [0.15, 0.2) is 0 Å². The second-order valence-corrected chi connectivity index (χ2v) is 1.67. The molecular weight excluding hydrogens is 136 g/mol. The Kier molecular flexibility index (Phi) is 13.6. The highest BCUT2D eigenvalue weighted by atomic mass is 16.4. The van der Waals surface area contributed by atoms with Crippen molar-refractivity contribution in [3.8, 4) is 0 Å². The lowest BCUT2D eigenvalue weighted by Crippen LogP contribution is -1.85. The molecule has 0 fully saturated rings. The predicted molar refractivity (Wildman–Crippen MR) is 36.7 cm³/mol. The lowest BCUT2D eigenvalue weighted by molar-refractivity contribution is -0.134. The van der Waals surface area contributed by atoms with E-state index in [1.807, 2.05) is 0 Å². The number of carboxylic acids is 1. The molecule has 0 atom stereocenters. The number of carbonyl (C=O) groups is 1. The zero-order chi connectivity index (χ0) is 8.41. The first-order valence-electron chi connectivity index (χ1n) is 3.06. The summed E-state index contributed by atoms with van der Waals surface area (Å²) < 4.78 is 0. The summed E-state index contributed by atoms with van der Waals surface area (Å²) in [5.74, 6) is -0.833. The highest BCUT2D eigenvalue weighted by Crippen LogP contribution is 1.80. The molecule has 4 heteroatoms. The van der Waals surface area contributed by atoms with Crippen molar-refractivity contribution in [2.24, 2.45) is 0 Å².